The maximum absolute atomic E-state index is 6.60. The summed E-state index contributed by atoms with van der Waals surface area (Å²) >= 11 is 0. The average molecular weight is 472 g/mol. The summed E-state index contributed by atoms with van der Waals surface area (Å²) < 4.78 is 31.8. The van der Waals surface area contributed by atoms with E-state index in [-0.39, 0.29) is 24.4 Å². The Morgan fingerprint density at radius 2 is 1.36 bits per heavy atom. The number of piperidine rings is 1. The maximum Gasteiger partial charge on any atom is 0.113 e. The van der Waals surface area contributed by atoms with E-state index in [0.29, 0.717) is 12.7 Å². The van der Waals surface area contributed by atoms with Gasteiger partial charge in [0.25, 0.3) is 0 Å². The molecule has 2 heterocycles. The summed E-state index contributed by atoms with van der Waals surface area (Å²) in [6, 6.07) is 0.167. The van der Waals surface area contributed by atoms with Crippen molar-refractivity contribution in [1.29, 1.82) is 0 Å². The van der Waals surface area contributed by atoms with Gasteiger partial charge in [-0.1, -0.05) is 53.4 Å². The third-order valence-electron chi connectivity index (χ3n) is 6.79. The zero-order valence-corrected chi connectivity index (χ0v) is 22.1. The van der Waals surface area contributed by atoms with Gasteiger partial charge in [-0.2, -0.15) is 0 Å². The first kappa shape index (κ1) is 29.0. The third kappa shape index (κ3) is 10.5. The van der Waals surface area contributed by atoms with Crippen molar-refractivity contribution in [3.05, 3.63) is 0 Å². The van der Waals surface area contributed by atoms with Gasteiger partial charge in [0, 0.05) is 46.1 Å². The Kier molecular flexibility index (Phi) is 15.9. The normalized spacial score (nSPS) is 28.5. The molecule has 196 valence electrons. The second-order valence-corrected chi connectivity index (χ2v) is 9.73. The van der Waals surface area contributed by atoms with Crippen molar-refractivity contribution in [3.63, 3.8) is 0 Å². The molecule has 2 fully saturated rings. The van der Waals surface area contributed by atoms with Crippen LogP contribution < -0.4 is 0 Å². The van der Waals surface area contributed by atoms with E-state index in [0.717, 1.165) is 110 Å². The van der Waals surface area contributed by atoms with Crippen LogP contribution in [0.1, 0.15) is 91.9 Å². The van der Waals surface area contributed by atoms with Crippen molar-refractivity contribution < 1.29 is 23.7 Å². The minimum atomic E-state index is -0.0502. The monoisotopic (exact) mass is 471 g/mol. The summed E-state index contributed by atoms with van der Waals surface area (Å²) in [5, 5.41) is 0. The van der Waals surface area contributed by atoms with Gasteiger partial charge in [-0.05, 0) is 38.5 Å². The van der Waals surface area contributed by atoms with Crippen molar-refractivity contribution in [3.8, 4) is 0 Å². The maximum atomic E-state index is 6.60. The van der Waals surface area contributed by atoms with Crippen LogP contribution in [0.3, 0.4) is 0 Å². The molecule has 6 heteroatoms. The smallest absolute Gasteiger partial charge is 0.113 e. The van der Waals surface area contributed by atoms with E-state index in [1.165, 1.54) is 0 Å². The molecule has 2 rings (SSSR count). The summed E-state index contributed by atoms with van der Waals surface area (Å²) in [6.45, 7) is 15.3. The zero-order chi connectivity index (χ0) is 23.7. The number of hydrogen-bond donors (Lipinski definition) is 0. The van der Waals surface area contributed by atoms with Gasteiger partial charge >= 0.3 is 0 Å². The zero-order valence-electron chi connectivity index (χ0n) is 22.1. The van der Waals surface area contributed by atoms with E-state index in [1.807, 2.05) is 0 Å². The molecule has 0 aromatic heterocycles. The van der Waals surface area contributed by atoms with Crippen LogP contribution in [0.2, 0.25) is 0 Å². The van der Waals surface area contributed by atoms with E-state index in [4.69, 9.17) is 23.7 Å². The van der Waals surface area contributed by atoms with E-state index < -0.39 is 0 Å². The Hall–Kier alpha value is -0.240. The molecule has 0 unspecified atom stereocenters. The lowest BCUT2D eigenvalue weighted by Crippen LogP contribution is -2.65. The average Bonchev–Trinajstić information content (AvgIpc) is 3.33. The Balaban J connectivity index is 2.20. The molecule has 0 bridgehead atoms. The number of likely N-dealkylation sites (tertiary alicyclic amines) is 1. The predicted octanol–water partition coefficient (Wildman–Crippen LogP) is 5.22. The lowest BCUT2D eigenvalue weighted by molar-refractivity contribution is -0.204. The summed E-state index contributed by atoms with van der Waals surface area (Å²) in [7, 11) is 0. The Bertz CT molecular complexity index is 460. The van der Waals surface area contributed by atoms with Crippen molar-refractivity contribution in [2.75, 3.05) is 52.7 Å². The quantitative estimate of drug-likeness (QED) is 0.241. The van der Waals surface area contributed by atoms with Gasteiger partial charge in [0.2, 0.25) is 0 Å². The highest BCUT2D eigenvalue weighted by Gasteiger charge is 2.46. The molecular formula is C27H53NO5. The molecule has 0 aromatic carbocycles. The van der Waals surface area contributed by atoms with Crippen molar-refractivity contribution >= 4 is 0 Å². The first-order valence-corrected chi connectivity index (χ1v) is 14.0. The highest BCUT2D eigenvalue weighted by Crippen LogP contribution is 2.29. The topological polar surface area (TPSA) is 49.4 Å². The second kappa shape index (κ2) is 18.1. The summed E-state index contributed by atoms with van der Waals surface area (Å²) in [5.74, 6) is 0. The molecule has 0 aliphatic carbocycles. The predicted molar refractivity (Wildman–Crippen MR) is 134 cm³/mol. The molecule has 0 saturated carbocycles. The highest BCUT2D eigenvalue weighted by molar-refractivity contribution is 4.98. The fraction of sp³-hybridized carbons (Fsp3) is 1.00. The number of nitrogens with zero attached hydrogens (tertiary/aromatic N) is 1. The molecule has 2 aliphatic rings. The van der Waals surface area contributed by atoms with Gasteiger partial charge in [0.15, 0.2) is 0 Å². The van der Waals surface area contributed by atoms with Crippen LogP contribution in [0, 0.1) is 0 Å². The van der Waals surface area contributed by atoms with Crippen LogP contribution in [0.25, 0.3) is 0 Å². The highest BCUT2D eigenvalue weighted by atomic mass is 16.6. The van der Waals surface area contributed by atoms with Crippen molar-refractivity contribution in [2.24, 2.45) is 0 Å². The molecule has 0 amide bonds. The Morgan fingerprint density at radius 3 is 1.97 bits per heavy atom. The molecule has 0 radical (unpaired) electrons. The number of unbranched alkanes of at least 4 members (excludes halogenated alkanes) is 4. The Labute approximate surface area is 204 Å². The van der Waals surface area contributed by atoms with Gasteiger partial charge in [0.1, 0.15) is 12.2 Å². The molecule has 0 spiro atoms. The van der Waals surface area contributed by atoms with Crippen LogP contribution in [0.4, 0.5) is 0 Å². The fourth-order valence-electron chi connectivity index (χ4n) is 4.68. The lowest BCUT2D eigenvalue weighted by atomic mass is 9.92. The van der Waals surface area contributed by atoms with E-state index in [2.05, 4.69) is 32.6 Å². The van der Waals surface area contributed by atoms with E-state index >= 15 is 0 Å². The largest absolute Gasteiger partial charge is 0.380 e. The van der Waals surface area contributed by atoms with Crippen LogP contribution in [-0.4, -0.2) is 88.1 Å². The van der Waals surface area contributed by atoms with Gasteiger partial charge in [0.05, 0.1) is 24.9 Å². The molecule has 2 saturated heterocycles. The molecule has 6 nitrogen and oxygen atoms in total. The van der Waals surface area contributed by atoms with Crippen molar-refractivity contribution in [2.45, 2.75) is 122 Å². The first-order chi connectivity index (χ1) is 16.2. The number of hydrogen-bond acceptors (Lipinski definition) is 6. The minimum absolute atomic E-state index is 0.0216. The van der Waals surface area contributed by atoms with Crippen LogP contribution >= 0.6 is 0 Å². The van der Waals surface area contributed by atoms with Gasteiger partial charge in [-0.25, -0.2) is 0 Å². The van der Waals surface area contributed by atoms with E-state index in [9.17, 15) is 0 Å². The lowest BCUT2D eigenvalue weighted by Gasteiger charge is -2.49. The van der Waals surface area contributed by atoms with Crippen LogP contribution in [0.5, 0.6) is 0 Å². The summed E-state index contributed by atoms with van der Waals surface area (Å²) in [4.78, 5) is 2.54. The van der Waals surface area contributed by atoms with Gasteiger partial charge < -0.3 is 23.7 Å². The first-order valence-electron chi connectivity index (χ1n) is 14.0. The molecular weight excluding hydrogens is 418 g/mol. The van der Waals surface area contributed by atoms with Gasteiger partial charge in [-0.15, -0.1) is 0 Å². The molecule has 2 aliphatic heterocycles. The number of ether oxygens (including phenoxy) is 5. The van der Waals surface area contributed by atoms with E-state index in [1.54, 1.807) is 0 Å². The molecule has 0 aromatic rings. The van der Waals surface area contributed by atoms with Crippen LogP contribution in [0.15, 0.2) is 0 Å². The Morgan fingerprint density at radius 1 is 0.758 bits per heavy atom. The summed E-state index contributed by atoms with van der Waals surface area (Å²) in [6.07, 6.45) is 11.4. The molecule has 0 N–H and O–H groups in total. The second-order valence-electron chi connectivity index (χ2n) is 9.73. The standard InChI is InChI=1S/C27H53NO5/c1-5-9-15-29-22-24-26(32-17-11-7-3)27(33-18-12-8-4)25(31-16-10-6-2)21-28(24)20-23-14-13-19-30-23/h23-27H,5-22H2,1-4H3/t23-,24+,25-,26+,27+/m0/s1. The number of rotatable bonds is 19. The summed E-state index contributed by atoms with van der Waals surface area (Å²) in [5.41, 5.74) is 0. The SMILES string of the molecule is CCCCOC[C@@H]1[C@@H](OCCCC)[C@H](OCCCC)[C@@H](OCCCC)CN1C[C@@H]1CCCO1. The minimum Gasteiger partial charge on any atom is -0.380 e. The third-order valence-corrected chi connectivity index (χ3v) is 6.79. The van der Waals surface area contributed by atoms with Gasteiger partial charge in [-0.3, -0.25) is 4.90 Å². The van der Waals surface area contributed by atoms with Crippen molar-refractivity contribution in [1.82, 2.24) is 4.90 Å². The van der Waals surface area contributed by atoms with Crippen LogP contribution in [-0.2, 0) is 23.7 Å². The molecule has 5 atom stereocenters. The molecule has 33 heavy (non-hydrogen) atoms. The fourth-order valence-corrected chi connectivity index (χ4v) is 4.68.